The molecule has 1 aromatic heterocycles. The van der Waals surface area contributed by atoms with Crippen LogP contribution in [-0.4, -0.2) is 28.8 Å². The van der Waals surface area contributed by atoms with Crippen LogP contribution in [0.5, 0.6) is 0 Å². The van der Waals surface area contributed by atoms with Crippen molar-refractivity contribution < 1.29 is 14.4 Å². The van der Waals surface area contributed by atoms with Crippen molar-refractivity contribution in [2.75, 3.05) is 6.61 Å². The quantitative estimate of drug-likeness (QED) is 0.851. The van der Waals surface area contributed by atoms with E-state index in [2.05, 4.69) is 10.5 Å². The van der Waals surface area contributed by atoms with Gasteiger partial charge in [0.05, 0.1) is 18.3 Å². The molecule has 1 heterocycles. The molecule has 1 atom stereocenters. The topological polar surface area (TPSA) is 75.4 Å². The summed E-state index contributed by atoms with van der Waals surface area (Å²) in [4.78, 5) is 12.3. The Labute approximate surface area is 124 Å². The van der Waals surface area contributed by atoms with Crippen LogP contribution in [0.1, 0.15) is 34.3 Å². The molecule has 0 saturated carbocycles. The molecule has 2 aromatic rings. The molecule has 0 aliphatic carbocycles. The fourth-order valence-electron chi connectivity index (χ4n) is 2.27. The Bertz CT molecular complexity index is 593. The average Bonchev–Trinajstić information content (AvgIpc) is 2.88. The Morgan fingerprint density at radius 1 is 1.38 bits per heavy atom. The summed E-state index contributed by atoms with van der Waals surface area (Å²) in [6.07, 6.45) is 1.21. The molecule has 1 amide bonds. The van der Waals surface area contributed by atoms with Gasteiger partial charge >= 0.3 is 0 Å². The second-order valence-corrected chi connectivity index (χ2v) is 4.96. The van der Waals surface area contributed by atoms with E-state index in [4.69, 9.17) is 4.52 Å². The van der Waals surface area contributed by atoms with Gasteiger partial charge < -0.3 is 14.9 Å². The van der Waals surface area contributed by atoms with Gasteiger partial charge in [-0.2, -0.15) is 0 Å². The Kier molecular flexibility index (Phi) is 5.11. The summed E-state index contributed by atoms with van der Waals surface area (Å²) in [7, 11) is 0. The maximum atomic E-state index is 12.3. The second kappa shape index (κ2) is 7.04. The van der Waals surface area contributed by atoms with Crippen LogP contribution in [0.15, 0.2) is 34.9 Å². The Hall–Kier alpha value is -2.14. The molecule has 0 bridgehead atoms. The van der Waals surface area contributed by atoms with Crippen LogP contribution >= 0.6 is 0 Å². The lowest BCUT2D eigenvalue weighted by molar-refractivity contribution is 0.0914. The van der Waals surface area contributed by atoms with Crippen LogP contribution in [0.25, 0.3) is 0 Å². The van der Waals surface area contributed by atoms with E-state index in [9.17, 15) is 9.90 Å². The molecular formula is C16H20N2O3. The first kappa shape index (κ1) is 15.3. The standard InChI is InChI=1S/C16H20N2O3/c1-3-14-15(11(2)21-18-14)16(20)17-13(10-19)9-12-7-5-4-6-8-12/h4-8,13,19H,3,9-10H2,1-2H3,(H,17,20)/t13-/m0/s1. The average molecular weight is 288 g/mol. The summed E-state index contributed by atoms with van der Waals surface area (Å²) in [5, 5.41) is 16.2. The molecule has 0 unspecified atom stereocenters. The van der Waals surface area contributed by atoms with Crippen LogP contribution in [0, 0.1) is 6.92 Å². The molecule has 2 N–H and O–H groups in total. The van der Waals surface area contributed by atoms with Crippen molar-refractivity contribution >= 4 is 5.91 Å². The summed E-state index contributed by atoms with van der Waals surface area (Å²) in [6, 6.07) is 9.41. The van der Waals surface area contributed by atoms with Crippen LogP contribution in [0.3, 0.4) is 0 Å². The number of carbonyl (C=O) groups excluding carboxylic acids is 1. The zero-order valence-electron chi connectivity index (χ0n) is 12.3. The van der Waals surface area contributed by atoms with Gasteiger partial charge in [-0.05, 0) is 25.3 Å². The molecule has 21 heavy (non-hydrogen) atoms. The fourth-order valence-corrected chi connectivity index (χ4v) is 2.27. The number of nitrogens with one attached hydrogen (secondary N) is 1. The molecule has 112 valence electrons. The third-order valence-corrected chi connectivity index (χ3v) is 3.38. The van der Waals surface area contributed by atoms with E-state index in [1.807, 2.05) is 37.3 Å². The Morgan fingerprint density at radius 3 is 2.71 bits per heavy atom. The van der Waals surface area contributed by atoms with Crippen LogP contribution in [0.4, 0.5) is 0 Å². The largest absolute Gasteiger partial charge is 0.394 e. The number of hydrogen-bond acceptors (Lipinski definition) is 4. The normalized spacial score (nSPS) is 12.1. The number of amides is 1. The van der Waals surface area contributed by atoms with Crippen molar-refractivity contribution in [2.24, 2.45) is 0 Å². The molecule has 5 nitrogen and oxygen atoms in total. The van der Waals surface area contributed by atoms with E-state index < -0.39 is 0 Å². The number of rotatable bonds is 6. The van der Waals surface area contributed by atoms with Gasteiger partial charge in [0.1, 0.15) is 11.3 Å². The highest BCUT2D eigenvalue weighted by atomic mass is 16.5. The third-order valence-electron chi connectivity index (χ3n) is 3.38. The monoisotopic (exact) mass is 288 g/mol. The molecule has 0 spiro atoms. The van der Waals surface area contributed by atoms with Gasteiger partial charge in [0.15, 0.2) is 0 Å². The van der Waals surface area contributed by atoms with Crippen molar-refractivity contribution in [1.29, 1.82) is 0 Å². The van der Waals surface area contributed by atoms with Gasteiger partial charge in [-0.1, -0.05) is 42.4 Å². The van der Waals surface area contributed by atoms with Crippen molar-refractivity contribution in [1.82, 2.24) is 10.5 Å². The second-order valence-electron chi connectivity index (χ2n) is 4.96. The number of hydrogen-bond donors (Lipinski definition) is 2. The highest BCUT2D eigenvalue weighted by Gasteiger charge is 2.21. The fraction of sp³-hybridized carbons (Fsp3) is 0.375. The number of benzene rings is 1. The van der Waals surface area contributed by atoms with E-state index >= 15 is 0 Å². The Morgan fingerprint density at radius 2 is 2.10 bits per heavy atom. The summed E-state index contributed by atoms with van der Waals surface area (Å²) in [5.74, 6) is 0.251. The number of carbonyl (C=O) groups is 1. The SMILES string of the molecule is CCc1noc(C)c1C(=O)N[C@H](CO)Cc1ccccc1. The zero-order valence-corrected chi connectivity index (χ0v) is 12.3. The van der Waals surface area contributed by atoms with Gasteiger partial charge in [0.2, 0.25) is 0 Å². The lowest BCUT2D eigenvalue weighted by atomic mass is 10.1. The first-order chi connectivity index (χ1) is 10.2. The van der Waals surface area contributed by atoms with Gasteiger partial charge in [0.25, 0.3) is 5.91 Å². The van der Waals surface area contributed by atoms with Gasteiger partial charge in [-0.25, -0.2) is 0 Å². The lowest BCUT2D eigenvalue weighted by Gasteiger charge is -2.16. The molecule has 5 heteroatoms. The van der Waals surface area contributed by atoms with E-state index in [1.54, 1.807) is 6.92 Å². The van der Waals surface area contributed by atoms with Crippen molar-refractivity contribution in [3.63, 3.8) is 0 Å². The van der Waals surface area contributed by atoms with Gasteiger partial charge in [0, 0.05) is 0 Å². The molecule has 0 fully saturated rings. The Balaban J connectivity index is 2.08. The highest BCUT2D eigenvalue weighted by molar-refractivity contribution is 5.96. The minimum Gasteiger partial charge on any atom is -0.394 e. The summed E-state index contributed by atoms with van der Waals surface area (Å²) in [5.41, 5.74) is 2.18. The van der Waals surface area contributed by atoms with E-state index in [0.29, 0.717) is 29.9 Å². The lowest BCUT2D eigenvalue weighted by Crippen LogP contribution is -2.39. The smallest absolute Gasteiger partial charge is 0.257 e. The maximum absolute atomic E-state index is 12.3. The molecule has 0 saturated heterocycles. The summed E-state index contributed by atoms with van der Waals surface area (Å²) in [6.45, 7) is 3.51. The summed E-state index contributed by atoms with van der Waals surface area (Å²) >= 11 is 0. The number of nitrogens with zero attached hydrogens (tertiary/aromatic N) is 1. The van der Waals surface area contributed by atoms with Crippen molar-refractivity contribution in [3.05, 3.63) is 52.9 Å². The van der Waals surface area contributed by atoms with Crippen LogP contribution in [-0.2, 0) is 12.8 Å². The van der Waals surface area contributed by atoms with Gasteiger partial charge in [-0.15, -0.1) is 0 Å². The third kappa shape index (κ3) is 3.70. The molecule has 0 aliphatic heterocycles. The van der Waals surface area contributed by atoms with E-state index in [0.717, 1.165) is 5.56 Å². The minimum absolute atomic E-state index is 0.119. The molecule has 0 aliphatic rings. The minimum atomic E-state index is -0.334. The molecular weight excluding hydrogens is 268 g/mol. The first-order valence-corrected chi connectivity index (χ1v) is 7.06. The van der Waals surface area contributed by atoms with Crippen molar-refractivity contribution in [2.45, 2.75) is 32.7 Å². The van der Waals surface area contributed by atoms with E-state index in [1.165, 1.54) is 0 Å². The molecule has 1 aromatic carbocycles. The first-order valence-electron chi connectivity index (χ1n) is 7.06. The van der Waals surface area contributed by atoms with Crippen LogP contribution in [0.2, 0.25) is 0 Å². The number of aliphatic hydroxyl groups is 1. The molecule has 2 rings (SSSR count). The van der Waals surface area contributed by atoms with Gasteiger partial charge in [-0.3, -0.25) is 4.79 Å². The van der Waals surface area contributed by atoms with Crippen molar-refractivity contribution in [3.8, 4) is 0 Å². The van der Waals surface area contributed by atoms with E-state index in [-0.39, 0.29) is 18.6 Å². The maximum Gasteiger partial charge on any atom is 0.257 e. The number of aryl methyl sites for hydroxylation is 2. The summed E-state index contributed by atoms with van der Waals surface area (Å²) < 4.78 is 5.07. The number of aromatic nitrogens is 1. The number of aliphatic hydroxyl groups excluding tert-OH is 1. The predicted octanol–water partition coefficient (Wildman–Crippen LogP) is 1.88. The molecule has 0 radical (unpaired) electrons. The van der Waals surface area contributed by atoms with Crippen LogP contribution < -0.4 is 5.32 Å². The zero-order chi connectivity index (χ0) is 15.2. The predicted molar refractivity (Wildman–Crippen MR) is 79.1 cm³/mol. The highest BCUT2D eigenvalue weighted by Crippen LogP contribution is 2.14.